The number of hydrogen-bond acceptors (Lipinski definition) is 4. The largest absolute Gasteiger partial charge is 0.309 e. The van der Waals surface area contributed by atoms with Gasteiger partial charge in [-0.25, -0.2) is 9.55 Å². The summed E-state index contributed by atoms with van der Waals surface area (Å²) in [5.41, 5.74) is 11.0. The molecule has 0 N–H and O–H groups in total. The number of benzene rings is 8. The van der Waals surface area contributed by atoms with Crippen LogP contribution in [0.3, 0.4) is 0 Å². The minimum Gasteiger partial charge on any atom is -0.309 e. The van der Waals surface area contributed by atoms with Crippen molar-refractivity contribution < 1.29 is 0 Å². The molecule has 3 heterocycles. The first-order valence-electron chi connectivity index (χ1n) is 20.2. The highest BCUT2D eigenvalue weighted by Crippen LogP contribution is 2.39. The van der Waals surface area contributed by atoms with Crippen molar-refractivity contribution in [2.75, 3.05) is 0 Å². The Hall–Kier alpha value is -7.96. The number of hydrogen-bond donors (Lipinski definition) is 0. The van der Waals surface area contributed by atoms with Crippen molar-refractivity contribution in [3.8, 4) is 45.5 Å². The molecule has 0 aliphatic heterocycles. The maximum absolute atomic E-state index is 15.5. The molecular formula is C54H37N5O. The summed E-state index contributed by atoms with van der Waals surface area (Å²) in [6.45, 7) is 2.13. The summed E-state index contributed by atoms with van der Waals surface area (Å²) in [6, 6.07) is 66.5. The van der Waals surface area contributed by atoms with Gasteiger partial charge in [0.05, 0.1) is 21.9 Å². The third kappa shape index (κ3) is 5.96. The van der Waals surface area contributed by atoms with Gasteiger partial charge >= 0.3 is 0 Å². The normalized spacial score (nSPS) is 11.6. The van der Waals surface area contributed by atoms with Crippen LogP contribution in [0, 0.1) is 6.92 Å². The monoisotopic (exact) mass is 771 g/mol. The van der Waals surface area contributed by atoms with Crippen molar-refractivity contribution in [1.29, 1.82) is 0 Å². The van der Waals surface area contributed by atoms with Gasteiger partial charge in [-0.1, -0.05) is 152 Å². The lowest BCUT2D eigenvalue weighted by Gasteiger charge is -2.18. The van der Waals surface area contributed by atoms with E-state index in [0.717, 1.165) is 78.0 Å². The SMILES string of the molecule is Cc1cc2c(cc1-c1ccccc1Cc1ccccc1)c1cc3c4ccccc4n(-c4ccccc4)c3cc1c(=O)n2-c1nc(-c2ccccc2)nc(-c2ccccc2)n1. The molecule has 6 nitrogen and oxygen atoms in total. The number of aryl methyl sites for hydroxylation is 1. The second-order valence-electron chi connectivity index (χ2n) is 15.3. The van der Waals surface area contributed by atoms with Crippen LogP contribution in [0.4, 0.5) is 0 Å². The zero-order chi connectivity index (χ0) is 40.2. The van der Waals surface area contributed by atoms with Gasteiger partial charge in [-0.05, 0) is 89.0 Å². The van der Waals surface area contributed by atoms with Crippen LogP contribution in [0.2, 0.25) is 0 Å². The van der Waals surface area contributed by atoms with Crippen molar-refractivity contribution in [1.82, 2.24) is 24.1 Å². The molecule has 0 unspecified atom stereocenters. The molecule has 0 saturated carbocycles. The molecule has 3 aromatic heterocycles. The van der Waals surface area contributed by atoms with Gasteiger partial charge in [-0.15, -0.1) is 0 Å². The minimum absolute atomic E-state index is 0.204. The molecule has 0 spiro atoms. The molecule has 11 aromatic rings. The average Bonchev–Trinajstić information content (AvgIpc) is 3.63. The first-order chi connectivity index (χ1) is 29.6. The van der Waals surface area contributed by atoms with Crippen molar-refractivity contribution >= 4 is 43.5 Å². The van der Waals surface area contributed by atoms with Crippen molar-refractivity contribution in [2.45, 2.75) is 13.3 Å². The topological polar surface area (TPSA) is 65.6 Å². The third-order valence-electron chi connectivity index (χ3n) is 11.6. The fourth-order valence-corrected chi connectivity index (χ4v) is 8.73. The van der Waals surface area contributed by atoms with E-state index in [1.54, 1.807) is 4.57 Å². The molecule has 284 valence electrons. The Morgan fingerprint density at radius 1 is 0.433 bits per heavy atom. The predicted molar refractivity (Wildman–Crippen MR) is 245 cm³/mol. The summed E-state index contributed by atoms with van der Waals surface area (Å²) in [7, 11) is 0. The highest BCUT2D eigenvalue weighted by atomic mass is 16.1. The zero-order valence-corrected chi connectivity index (χ0v) is 32.8. The summed E-state index contributed by atoms with van der Waals surface area (Å²) < 4.78 is 3.95. The first kappa shape index (κ1) is 35.2. The molecule has 0 amide bonds. The minimum atomic E-state index is -0.204. The Bertz CT molecular complexity index is 3410. The van der Waals surface area contributed by atoms with Crippen LogP contribution < -0.4 is 5.56 Å². The highest BCUT2D eigenvalue weighted by Gasteiger charge is 2.22. The van der Waals surface area contributed by atoms with E-state index in [-0.39, 0.29) is 11.5 Å². The Morgan fingerprint density at radius 2 is 1.00 bits per heavy atom. The van der Waals surface area contributed by atoms with Gasteiger partial charge in [-0.2, -0.15) is 9.97 Å². The van der Waals surface area contributed by atoms with Crippen molar-refractivity contribution in [2.24, 2.45) is 0 Å². The van der Waals surface area contributed by atoms with Crippen LogP contribution in [-0.2, 0) is 6.42 Å². The maximum atomic E-state index is 15.5. The van der Waals surface area contributed by atoms with Gasteiger partial charge in [0.1, 0.15) is 0 Å². The van der Waals surface area contributed by atoms with Crippen molar-refractivity contribution in [3.63, 3.8) is 0 Å². The molecule has 11 rings (SSSR count). The van der Waals surface area contributed by atoms with Crippen LogP contribution >= 0.6 is 0 Å². The lowest BCUT2D eigenvalue weighted by molar-refractivity contribution is 0.907. The molecule has 0 fully saturated rings. The Balaban J connectivity index is 1.26. The van der Waals surface area contributed by atoms with Crippen LogP contribution in [0.1, 0.15) is 16.7 Å². The molecule has 0 atom stereocenters. The smallest absolute Gasteiger partial charge is 0.265 e. The lowest BCUT2D eigenvalue weighted by Crippen LogP contribution is -2.22. The quantitative estimate of drug-likeness (QED) is 0.151. The molecule has 0 bridgehead atoms. The second-order valence-corrected chi connectivity index (χ2v) is 15.3. The molecule has 0 radical (unpaired) electrons. The number of pyridine rings is 1. The third-order valence-corrected chi connectivity index (χ3v) is 11.6. The Labute approximate surface area is 346 Å². The standard InChI is InChI=1S/C54H37N5O/c1-35-30-49-46(32-43(35)41-27-15-14-24-39(41)31-36-18-6-2-7-19-36)44-33-45-42-28-16-17-29-48(42)58(40-25-12-5-13-26-40)50(45)34-47(44)53(60)59(49)54-56-51(37-20-8-3-9-21-37)55-52(57-54)38-22-10-4-11-23-38/h2-30,32-34H,31H2,1H3. The molecule has 60 heavy (non-hydrogen) atoms. The van der Waals surface area contributed by atoms with Gasteiger partial charge < -0.3 is 4.57 Å². The summed E-state index contributed by atoms with van der Waals surface area (Å²) in [5.74, 6) is 1.24. The summed E-state index contributed by atoms with van der Waals surface area (Å²) in [6.07, 6.45) is 0.795. The molecule has 0 aliphatic carbocycles. The molecule has 8 aromatic carbocycles. The molecular weight excluding hydrogens is 735 g/mol. The van der Waals surface area contributed by atoms with Gasteiger partial charge in [0.15, 0.2) is 11.6 Å². The fourth-order valence-electron chi connectivity index (χ4n) is 8.73. The van der Waals surface area contributed by atoms with E-state index in [9.17, 15) is 0 Å². The van der Waals surface area contributed by atoms with E-state index in [4.69, 9.17) is 15.0 Å². The van der Waals surface area contributed by atoms with Gasteiger partial charge in [0, 0.05) is 33.0 Å². The van der Waals surface area contributed by atoms with Gasteiger partial charge in [0.25, 0.3) is 5.56 Å². The predicted octanol–water partition coefficient (Wildman–Crippen LogP) is 12.3. The van der Waals surface area contributed by atoms with E-state index < -0.39 is 0 Å². The highest BCUT2D eigenvalue weighted by molar-refractivity contribution is 6.18. The van der Waals surface area contributed by atoms with Crippen molar-refractivity contribution in [3.05, 3.63) is 221 Å². The summed E-state index contributed by atoms with van der Waals surface area (Å²) in [5, 5.41) is 4.57. The average molecular weight is 772 g/mol. The zero-order valence-electron chi connectivity index (χ0n) is 32.8. The van der Waals surface area contributed by atoms with E-state index in [1.165, 1.54) is 11.1 Å². The van der Waals surface area contributed by atoms with E-state index in [0.29, 0.717) is 17.0 Å². The van der Waals surface area contributed by atoms with Gasteiger partial charge in [0.2, 0.25) is 5.95 Å². The van der Waals surface area contributed by atoms with Crippen LogP contribution in [0.25, 0.3) is 89.0 Å². The summed E-state index contributed by atoms with van der Waals surface area (Å²) >= 11 is 0. The van der Waals surface area contributed by atoms with E-state index >= 15 is 4.79 Å². The number of para-hydroxylation sites is 2. The van der Waals surface area contributed by atoms with E-state index in [1.807, 2.05) is 78.9 Å². The molecule has 6 heteroatoms. The maximum Gasteiger partial charge on any atom is 0.265 e. The van der Waals surface area contributed by atoms with Gasteiger partial charge in [-0.3, -0.25) is 4.79 Å². The first-order valence-corrected chi connectivity index (χ1v) is 20.2. The molecule has 0 saturated heterocycles. The van der Waals surface area contributed by atoms with Crippen LogP contribution in [-0.4, -0.2) is 24.1 Å². The lowest BCUT2D eigenvalue weighted by atomic mass is 9.90. The van der Waals surface area contributed by atoms with Crippen LogP contribution in [0.5, 0.6) is 0 Å². The number of aromatic nitrogens is 5. The fraction of sp³-hybridized carbons (Fsp3) is 0.0370. The van der Waals surface area contributed by atoms with E-state index in [2.05, 4.69) is 127 Å². The molecule has 0 aliphatic rings. The number of nitrogens with zero attached hydrogens (tertiary/aromatic N) is 5. The summed E-state index contributed by atoms with van der Waals surface area (Å²) in [4.78, 5) is 30.7. The van der Waals surface area contributed by atoms with Crippen LogP contribution in [0.15, 0.2) is 199 Å². The Morgan fingerprint density at radius 3 is 1.70 bits per heavy atom. The Kier molecular flexibility index (Phi) is 8.48. The second kappa shape index (κ2) is 14.5. The number of fused-ring (bicyclic) bond motifs is 6. The number of rotatable bonds is 7.